The molecule has 0 unspecified atom stereocenters. The summed E-state index contributed by atoms with van der Waals surface area (Å²) < 4.78 is 5.84. The van der Waals surface area contributed by atoms with Crippen molar-refractivity contribution in [3.63, 3.8) is 0 Å². The smallest absolute Gasteiger partial charge is 0.290 e. The van der Waals surface area contributed by atoms with E-state index in [0.717, 1.165) is 29.6 Å². The molecule has 0 spiro atoms. The van der Waals surface area contributed by atoms with Gasteiger partial charge in [0, 0.05) is 42.8 Å². The van der Waals surface area contributed by atoms with Crippen LogP contribution in [-0.4, -0.2) is 37.0 Å². The molecule has 1 saturated heterocycles. The highest BCUT2D eigenvalue weighted by molar-refractivity contribution is 5.99. The van der Waals surface area contributed by atoms with Crippen LogP contribution in [0.5, 0.6) is 0 Å². The number of piperazine rings is 1. The molecule has 4 heteroatoms. The molecule has 0 bridgehead atoms. The van der Waals surface area contributed by atoms with Crippen LogP contribution >= 0.6 is 0 Å². The molecule has 2 aromatic carbocycles. The van der Waals surface area contributed by atoms with Gasteiger partial charge in [-0.3, -0.25) is 4.79 Å². The maximum absolute atomic E-state index is 12.9. The molecule has 128 valence electrons. The Balaban J connectivity index is 1.51. The van der Waals surface area contributed by atoms with Crippen LogP contribution in [0.1, 0.15) is 21.7 Å². The van der Waals surface area contributed by atoms with E-state index in [1.54, 1.807) is 0 Å². The van der Waals surface area contributed by atoms with Gasteiger partial charge in [0.25, 0.3) is 5.91 Å². The molecule has 2 heterocycles. The summed E-state index contributed by atoms with van der Waals surface area (Å²) >= 11 is 0. The molecule has 1 aliphatic heterocycles. The number of benzene rings is 2. The van der Waals surface area contributed by atoms with Crippen molar-refractivity contribution >= 4 is 22.6 Å². The van der Waals surface area contributed by atoms with E-state index in [4.69, 9.17) is 4.42 Å². The Labute approximate surface area is 147 Å². The van der Waals surface area contributed by atoms with Crippen molar-refractivity contribution in [3.8, 4) is 0 Å². The zero-order valence-electron chi connectivity index (χ0n) is 14.7. The van der Waals surface area contributed by atoms with E-state index >= 15 is 0 Å². The van der Waals surface area contributed by atoms with Gasteiger partial charge in [-0.25, -0.2) is 0 Å². The van der Waals surface area contributed by atoms with Crippen molar-refractivity contribution in [1.29, 1.82) is 0 Å². The average molecular weight is 334 g/mol. The van der Waals surface area contributed by atoms with Gasteiger partial charge in [-0.1, -0.05) is 36.4 Å². The van der Waals surface area contributed by atoms with E-state index in [-0.39, 0.29) is 5.91 Å². The molecule has 0 saturated carbocycles. The zero-order valence-corrected chi connectivity index (χ0v) is 14.7. The maximum atomic E-state index is 12.9. The Hall–Kier alpha value is -2.75. The Morgan fingerprint density at radius 3 is 2.32 bits per heavy atom. The molecule has 3 aromatic rings. The second-order valence-corrected chi connectivity index (χ2v) is 6.62. The number of para-hydroxylation sites is 2. The van der Waals surface area contributed by atoms with Crippen LogP contribution in [0.4, 0.5) is 5.69 Å². The van der Waals surface area contributed by atoms with E-state index < -0.39 is 0 Å². The molecule has 4 nitrogen and oxygen atoms in total. The molecule has 1 aromatic heterocycles. The third-order valence-corrected chi connectivity index (χ3v) is 5.06. The predicted octanol–water partition coefficient (Wildman–Crippen LogP) is 4.01. The maximum Gasteiger partial charge on any atom is 0.290 e. The lowest BCUT2D eigenvalue weighted by Crippen LogP contribution is -2.49. The number of anilines is 1. The molecule has 0 radical (unpaired) electrons. The lowest BCUT2D eigenvalue weighted by molar-refractivity contribution is 0.0716. The summed E-state index contributed by atoms with van der Waals surface area (Å²) in [5, 5.41) is 1.02. The van der Waals surface area contributed by atoms with Gasteiger partial charge < -0.3 is 14.2 Å². The molecule has 1 aliphatic rings. The summed E-state index contributed by atoms with van der Waals surface area (Å²) in [6.45, 7) is 7.20. The van der Waals surface area contributed by atoms with Gasteiger partial charge in [0.15, 0.2) is 5.76 Å². The first-order valence-corrected chi connectivity index (χ1v) is 8.73. The number of nitrogens with zero attached hydrogens (tertiary/aromatic N) is 2. The standard InChI is InChI=1S/C21H22N2O2/c1-15-7-3-5-9-18(15)22-11-13-23(14-12-22)21(24)20-16(2)17-8-4-6-10-19(17)25-20/h3-10H,11-14H2,1-2H3. The minimum atomic E-state index is -0.00173. The molecular formula is C21H22N2O2. The van der Waals surface area contributed by atoms with E-state index in [1.807, 2.05) is 36.1 Å². The van der Waals surface area contributed by atoms with Gasteiger partial charge in [0.1, 0.15) is 5.58 Å². The number of carbonyl (C=O) groups is 1. The van der Waals surface area contributed by atoms with Crippen LogP contribution in [0.15, 0.2) is 52.9 Å². The number of rotatable bonds is 2. The van der Waals surface area contributed by atoms with Gasteiger partial charge >= 0.3 is 0 Å². The van der Waals surface area contributed by atoms with Gasteiger partial charge in [0.05, 0.1) is 0 Å². The molecule has 1 fully saturated rings. The predicted molar refractivity (Wildman–Crippen MR) is 100 cm³/mol. The summed E-state index contributed by atoms with van der Waals surface area (Å²) in [6, 6.07) is 16.2. The first-order chi connectivity index (χ1) is 12.1. The summed E-state index contributed by atoms with van der Waals surface area (Å²) in [5.74, 6) is 0.476. The Bertz CT molecular complexity index is 921. The Morgan fingerprint density at radius 2 is 1.60 bits per heavy atom. The fourth-order valence-corrected chi connectivity index (χ4v) is 3.59. The van der Waals surface area contributed by atoms with Crippen molar-refractivity contribution in [2.24, 2.45) is 0 Å². The zero-order chi connectivity index (χ0) is 17.4. The molecule has 0 aliphatic carbocycles. The van der Waals surface area contributed by atoms with Crippen LogP contribution < -0.4 is 4.90 Å². The van der Waals surface area contributed by atoms with Gasteiger partial charge in [-0.05, 0) is 31.5 Å². The quantitative estimate of drug-likeness (QED) is 0.710. The highest BCUT2D eigenvalue weighted by Gasteiger charge is 2.27. The highest BCUT2D eigenvalue weighted by Crippen LogP contribution is 2.27. The Kier molecular flexibility index (Phi) is 3.96. The monoisotopic (exact) mass is 334 g/mol. The second kappa shape index (κ2) is 6.28. The minimum absolute atomic E-state index is 0.00173. The van der Waals surface area contributed by atoms with Gasteiger partial charge in [-0.2, -0.15) is 0 Å². The lowest BCUT2D eigenvalue weighted by atomic mass is 10.1. The van der Waals surface area contributed by atoms with Crippen LogP contribution in [0, 0.1) is 13.8 Å². The molecule has 0 atom stereocenters. The normalized spacial score (nSPS) is 15.0. The van der Waals surface area contributed by atoms with Crippen molar-refractivity contribution in [2.75, 3.05) is 31.1 Å². The number of furan rings is 1. The number of aryl methyl sites for hydroxylation is 2. The van der Waals surface area contributed by atoms with Crippen molar-refractivity contribution in [2.45, 2.75) is 13.8 Å². The Morgan fingerprint density at radius 1 is 0.920 bits per heavy atom. The topological polar surface area (TPSA) is 36.7 Å². The average Bonchev–Trinajstić information content (AvgIpc) is 2.99. The van der Waals surface area contributed by atoms with Crippen LogP contribution in [0.25, 0.3) is 11.0 Å². The van der Waals surface area contributed by atoms with E-state index in [2.05, 4.69) is 36.1 Å². The number of hydrogen-bond acceptors (Lipinski definition) is 3. The van der Waals surface area contributed by atoms with Crippen LogP contribution in [0.3, 0.4) is 0 Å². The number of carbonyl (C=O) groups excluding carboxylic acids is 1. The SMILES string of the molecule is Cc1ccccc1N1CCN(C(=O)c2oc3ccccc3c2C)CC1. The number of hydrogen-bond donors (Lipinski definition) is 0. The third kappa shape index (κ3) is 2.78. The summed E-state index contributed by atoms with van der Waals surface area (Å²) in [4.78, 5) is 17.2. The van der Waals surface area contributed by atoms with Crippen molar-refractivity contribution in [1.82, 2.24) is 4.90 Å². The van der Waals surface area contributed by atoms with Gasteiger partial charge in [-0.15, -0.1) is 0 Å². The first kappa shape index (κ1) is 15.8. The van der Waals surface area contributed by atoms with E-state index in [0.29, 0.717) is 18.8 Å². The molecule has 4 rings (SSSR count). The van der Waals surface area contributed by atoms with E-state index in [1.165, 1.54) is 11.3 Å². The summed E-state index contributed by atoms with van der Waals surface area (Å²) in [7, 11) is 0. The third-order valence-electron chi connectivity index (χ3n) is 5.06. The second-order valence-electron chi connectivity index (χ2n) is 6.62. The largest absolute Gasteiger partial charge is 0.451 e. The first-order valence-electron chi connectivity index (χ1n) is 8.73. The molecular weight excluding hydrogens is 312 g/mol. The molecule has 0 N–H and O–H groups in total. The fourth-order valence-electron chi connectivity index (χ4n) is 3.59. The van der Waals surface area contributed by atoms with Crippen LogP contribution in [0.2, 0.25) is 0 Å². The van der Waals surface area contributed by atoms with E-state index in [9.17, 15) is 4.79 Å². The highest BCUT2D eigenvalue weighted by atomic mass is 16.3. The minimum Gasteiger partial charge on any atom is -0.451 e. The summed E-state index contributed by atoms with van der Waals surface area (Å²) in [6.07, 6.45) is 0. The van der Waals surface area contributed by atoms with Crippen molar-refractivity contribution < 1.29 is 9.21 Å². The van der Waals surface area contributed by atoms with Gasteiger partial charge in [0.2, 0.25) is 0 Å². The number of amides is 1. The van der Waals surface area contributed by atoms with Crippen LogP contribution in [-0.2, 0) is 0 Å². The summed E-state index contributed by atoms with van der Waals surface area (Å²) in [5.41, 5.74) is 4.24. The number of fused-ring (bicyclic) bond motifs is 1. The lowest BCUT2D eigenvalue weighted by Gasteiger charge is -2.36. The molecule has 1 amide bonds. The molecule has 25 heavy (non-hydrogen) atoms. The van der Waals surface area contributed by atoms with Crippen molar-refractivity contribution in [3.05, 3.63) is 65.4 Å². The fraction of sp³-hybridized carbons (Fsp3) is 0.286.